The second-order valence-electron chi connectivity index (χ2n) is 5.62. The lowest BCUT2D eigenvalue weighted by molar-refractivity contribution is 0.567. The normalized spacial score (nSPS) is 13.6. The molecule has 1 aromatic heterocycles. The highest BCUT2D eigenvalue weighted by atomic mass is 32.1. The van der Waals surface area contributed by atoms with Crippen molar-refractivity contribution in [2.75, 3.05) is 0 Å². The molecular weight excluding hydrogens is 240 g/mol. The van der Waals surface area contributed by atoms with Gasteiger partial charge in [0.15, 0.2) is 0 Å². The van der Waals surface area contributed by atoms with E-state index in [1.54, 1.807) is 11.3 Å². The van der Waals surface area contributed by atoms with Gasteiger partial charge in [0.1, 0.15) is 5.01 Å². The number of hydrogen-bond acceptors (Lipinski definition) is 3. The van der Waals surface area contributed by atoms with Crippen LogP contribution in [-0.2, 0) is 11.8 Å². The Labute approximate surface area is 113 Å². The molecule has 2 aromatic rings. The van der Waals surface area contributed by atoms with Gasteiger partial charge in [-0.25, -0.2) is 4.98 Å². The average Bonchev–Trinajstić information content (AvgIpc) is 2.79. The summed E-state index contributed by atoms with van der Waals surface area (Å²) >= 11 is 1.67. The monoisotopic (exact) mass is 260 g/mol. The Morgan fingerprint density at radius 2 is 1.89 bits per heavy atom. The second-order valence-corrected chi connectivity index (χ2v) is 6.51. The Morgan fingerprint density at radius 1 is 1.22 bits per heavy atom. The van der Waals surface area contributed by atoms with Crippen LogP contribution in [0.1, 0.15) is 43.1 Å². The lowest BCUT2D eigenvalue weighted by Crippen LogP contribution is -2.15. The summed E-state index contributed by atoms with van der Waals surface area (Å²) in [5.41, 5.74) is 8.72. The molecule has 1 atom stereocenters. The molecule has 0 fully saturated rings. The minimum Gasteiger partial charge on any atom is -0.322 e. The number of thiazole rings is 1. The molecule has 1 unspecified atom stereocenters. The maximum absolute atomic E-state index is 6.23. The molecule has 0 radical (unpaired) electrons. The van der Waals surface area contributed by atoms with E-state index in [2.05, 4.69) is 43.3 Å². The van der Waals surface area contributed by atoms with Gasteiger partial charge in [-0.2, -0.15) is 0 Å². The molecule has 0 aliphatic heterocycles. The first kappa shape index (κ1) is 13.2. The van der Waals surface area contributed by atoms with Crippen LogP contribution in [0.5, 0.6) is 0 Å². The predicted octanol–water partition coefficient (Wildman–Crippen LogP) is 3.68. The fourth-order valence-electron chi connectivity index (χ4n) is 1.76. The van der Waals surface area contributed by atoms with E-state index in [0.717, 1.165) is 17.1 Å². The van der Waals surface area contributed by atoms with Gasteiger partial charge in [0.25, 0.3) is 0 Å². The molecule has 18 heavy (non-hydrogen) atoms. The number of benzene rings is 1. The number of aromatic nitrogens is 1. The van der Waals surface area contributed by atoms with Crippen LogP contribution in [-0.4, -0.2) is 4.98 Å². The zero-order valence-electron chi connectivity index (χ0n) is 11.2. The molecule has 0 aliphatic rings. The molecule has 0 spiro atoms. The summed E-state index contributed by atoms with van der Waals surface area (Å²) in [6, 6.07) is 10.3. The first-order valence-electron chi connectivity index (χ1n) is 6.22. The number of nitrogens with zero attached hydrogens (tertiary/aromatic N) is 1. The first-order chi connectivity index (χ1) is 8.47. The fourth-order valence-corrected chi connectivity index (χ4v) is 2.81. The van der Waals surface area contributed by atoms with Crippen LogP contribution >= 0.6 is 11.3 Å². The minimum absolute atomic E-state index is 0.00602. The Balaban J connectivity index is 2.10. The highest BCUT2D eigenvalue weighted by Crippen LogP contribution is 2.27. The van der Waals surface area contributed by atoms with Crippen LogP contribution in [0.15, 0.2) is 35.7 Å². The van der Waals surface area contributed by atoms with Crippen molar-refractivity contribution in [2.45, 2.75) is 38.6 Å². The Kier molecular flexibility index (Phi) is 3.83. The van der Waals surface area contributed by atoms with Crippen molar-refractivity contribution in [1.29, 1.82) is 0 Å². The van der Waals surface area contributed by atoms with Gasteiger partial charge < -0.3 is 5.73 Å². The van der Waals surface area contributed by atoms with Crippen molar-refractivity contribution in [3.8, 4) is 0 Å². The van der Waals surface area contributed by atoms with Crippen LogP contribution in [0.3, 0.4) is 0 Å². The lowest BCUT2D eigenvalue weighted by Gasteiger charge is -2.15. The van der Waals surface area contributed by atoms with E-state index < -0.39 is 0 Å². The molecule has 0 bridgehead atoms. The summed E-state index contributed by atoms with van der Waals surface area (Å²) in [7, 11) is 0. The maximum Gasteiger partial charge on any atom is 0.110 e. The molecule has 2 N–H and O–H groups in total. The van der Waals surface area contributed by atoms with E-state index in [-0.39, 0.29) is 11.5 Å². The van der Waals surface area contributed by atoms with Gasteiger partial charge in [0, 0.05) is 10.8 Å². The molecule has 0 aliphatic carbocycles. The van der Waals surface area contributed by atoms with Crippen LogP contribution in [0, 0.1) is 0 Å². The van der Waals surface area contributed by atoms with Gasteiger partial charge in [-0.1, -0.05) is 51.1 Å². The van der Waals surface area contributed by atoms with Gasteiger partial charge in [-0.3, -0.25) is 0 Å². The van der Waals surface area contributed by atoms with Crippen molar-refractivity contribution in [3.63, 3.8) is 0 Å². The summed E-state index contributed by atoms with van der Waals surface area (Å²) in [6.45, 7) is 6.53. The van der Waals surface area contributed by atoms with Gasteiger partial charge in [0.2, 0.25) is 0 Å². The Morgan fingerprint density at radius 3 is 2.44 bits per heavy atom. The third-order valence-corrected chi connectivity index (χ3v) is 3.88. The first-order valence-corrected chi connectivity index (χ1v) is 7.10. The highest BCUT2D eigenvalue weighted by Gasteiger charge is 2.19. The molecule has 2 rings (SSSR count). The zero-order valence-corrected chi connectivity index (χ0v) is 12.0. The molecule has 1 heterocycles. The van der Waals surface area contributed by atoms with Crippen LogP contribution < -0.4 is 5.73 Å². The SMILES string of the molecule is CC(C)(C)c1csc(C(N)Cc2ccccc2)n1. The molecule has 2 nitrogen and oxygen atoms in total. The molecular formula is C15H20N2S. The standard InChI is InChI=1S/C15H20N2S/c1-15(2,3)13-10-18-14(17-13)12(16)9-11-7-5-4-6-8-11/h4-8,10,12H,9,16H2,1-3H3. The van der Waals surface area contributed by atoms with Gasteiger partial charge in [-0.05, 0) is 12.0 Å². The van der Waals surface area contributed by atoms with Crippen LogP contribution in [0.4, 0.5) is 0 Å². The largest absolute Gasteiger partial charge is 0.322 e. The van der Waals surface area contributed by atoms with E-state index in [0.29, 0.717) is 0 Å². The smallest absolute Gasteiger partial charge is 0.110 e. The number of nitrogens with two attached hydrogens (primary N) is 1. The number of hydrogen-bond donors (Lipinski definition) is 1. The van der Waals surface area contributed by atoms with Gasteiger partial charge >= 0.3 is 0 Å². The van der Waals surface area contributed by atoms with E-state index in [1.807, 2.05) is 18.2 Å². The Bertz CT molecular complexity index is 497. The summed E-state index contributed by atoms with van der Waals surface area (Å²) in [5.74, 6) is 0. The van der Waals surface area contributed by atoms with E-state index in [9.17, 15) is 0 Å². The van der Waals surface area contributed by atoms with Gasteiger partial charge in [0.05, 0.1) is 11.7 Å². The third kappa shape index (κ3) is 3.18. The molecule has 1 aromatic carbocycles. The summed E-state index contributed by atoms with van der Waals surface area (Å²) in [4.78, 5) is 4.67. The maximum atomic E-state index is 6.23. The molecule has 3 heteroatoms. The van der Waals surface area contributed by atoms with Crippen LogP contribution in [0.25, 0.3) is 0 Å². The highest BCUT2D eigenvalue weighted by molar-refractivity contribution is 7.09. The van der Waals surface area contributed by atoms with Crippen molar-refractivity contribution in [2.24, 2.45) is 5.73 Å². The zero-order chi connectivity index (χ0) is 13.2. The average molecular weight is 260 g/mol. The van der Waals surface area contributed by atoms with E-state index in [1.165, 1.54) is 5.56 Å². The van der Waals surface area contributed by atoms with Crippen LogP contribution in [0.2, 0.25) is 0 Å². The van der Waals surface area contributed by atoms with Crippen molar-refractivity contribution < 1.29 is 0 Å². The lowest BCUT2D eigenvalue weighted by atomic mass is 9.93. The molecule has 96 valence electrons. The van der Waals surface area contributed by atoms with E-state index >= 15 is 0 Å². The number of rotatable bonds is 3. The minimum atomic E-state index is -0.00602. The predicted molar refractivity (Wildman–Crippen MR) is 77.9 cm³/mol. The quantitative estimate of drug-likeness (QED) is 0.914. The summed E-state index contributed by atoms with van der Waals surface area (Å²) in [5, 5.41) is 3.16. The Hall–Kier alpha value is -1.19. The summed E-state index contributed by atoms with van der Waals surface area (Å²) < 4.78 is 0. The topological polar surface area (TPSA) is 38.9 Å². The third-order valence-electron chi connectivity index (χ3n) is 2.91. The fraction of sp³-hybridized carbons (Fsp3) is 0.400. The van der Waals surface area contributed by atoms with E-state index in [4.69, 9.17) is 5.73 Å². The van der Waals surface area contributed by atoms with Gasteiger partial charge in [-0.15, -0.1) is 11.3 Å². The van der Waals surface area contributed by atoms with Crippen molar-refractivity contribution in [3.05, 3.63) is 52.0 Å². The second kappa shape index (κ2) is 5.21. The summed E-state index contributed by atoms with van der Waals surface area (Å²) in [6.07, 6.45) is 0.845. The molecule has 0 saturated heterocycles. The van der Waals surface area contributed by atoms with Crippen molar-refractivity contribution >= 4 is 11.3 Å². The van der Waals surface area contributed by atoms with Crippen molar-refractivity contribution in [1.82, 2.24) is 4.98 Å². The molecule has 0 saturated carbocycles. The molecule has 0 amide bonds.